The molecule has 17 heavy (non-hydrogen) atoms. The van der Waals surface area contributed by atoms with Gasteiger partial charge in [-0.3, -0.25) is 4.79 Å². The van der Waals surface area contributed by atoms with Crippen LogP contribution in [0.15, 0.2) is 22.7 Å². The number of carbonyl (C=O) groups is 1. The van der Waals surface area contributed by atoms with Gasteiger partial charge in [0.25, 0.3) is 17.6 Å². The maximum atomic E-state index is 10.8. The summed E-state index contributed by atoms with van der Waals surface area (Å²) >= 11 is 0. The molecule has 0 unspecified atom stereocenters. The normalized spacial score (nSPS) is 10.2. The summed E-state index contributed by atoms with van der Waals surface area (Å²) in [4.78, 5) is 14.7. The third-order valence-corrected chi connectivity index (χ3v) is 2.14. The molecular weight excluding hydrogens is 224 g/mol. The Morgan fingerprint density at radius 1 is 1.47 bits per heavy atom. The zero-order valence-corrected chi connectivity index (χ0v) is 9.01. The van der Waals surface area contributed by atoms with Gasteiger partial charge in [-0.05, 0) is 18.2 Å². The van der Waals surface area contributed by atoms with Gasteiger partial charge in [-0.1, -0.05) is 5.16 Å². The molecular formula is C10H10N4O3. The van der Waals surface area contributed by atoms with Crippen molar-refractivity contribution in [3.05, 3.63) is 24.0 Å². The van der Waals surface area contributed by atoms with E-state index in [1.807, 2.05) is 0 Å². The highest BCUT2D eigenvalue weighted by Gasteiger charge is 2.15. The number of aromatic nitrogens is 2. The van der Waals surface area contributed by atoms with Crippen molar-refractivity contribution >= 4 is 11.6 Å². The highest BCUT2D eigenvalue weighted by atomic mass is 16.5. The molecule has 4 N–H and O–H groups in total. The minimum absolute atomic E-state index is 0.121. The SMILES string of the molecule is COc1ccc(N)c(-c2nc(C(N)=O)no2)c1. The minimum Gasteiger partial charge on any atom is -0.497 e. The van der Waals surface area contributed by atoms with Crippen LogP contribution in [0.2, 0.25) is 0 Å². The molecule has 2 aromatic rings. The van der Waals surface area contributed by atoms with Crippen LogP contribution in [0.3, 0.4) is 0 Å². The van der Waals surface area contributed by atoms with Gasteiger partial charge in [-0.25, -0.2) is 0 Å². The number of amides is 1. The molecule has 0 aliphatic rings. The van der Waals surface area contributed by atoms with Gasteiger partial charge in [0.05, 0.1) is 12.7 Å². The molecule has 7 heteroatoms. The molecule has 0 fully saturated rings. The van der Waals surface area contributed by atoms with Crippen molar-refractivity contribution in [2.45, 2.75) is 0 Å². The van der Waals surface area contributed by atoms with Gasteiger partial charge in [-0.2, -0.15) is 4.98 Å². The Labute approximate surface area is 96.4 Å². The third kappa shape index (κ3) is 2.03. The third-order valence-electron chi connectivity index (χ3n) is 2.14. The molecule has 0 radical (unpaired) electrons. The van der Waals surface area contributed by atoms with Crippen LogP contribution in [0.4, 0.5) is 5.69 Å². The lowest BCUT2D eigenvalue weighted by Gasteiger charge is -2.03. The number of hydrogen-bond acceptors (Lipinski definition) is 6. The van der Waals surface area contributed by atoms with Gasteiger partial charge in [-0.15, -0.1) is 0 Å². The molecule has 0 atom stereocenters. The second-order valence-corrected chi connectivity index (χ2v) is 3.24. The molecule has 1 aromatic carbocycles. The van der Waals surface area contributed by atoms with Crippen molar-refractivity contribution in [2.75, 3.05) is 12.8 Å². The van der Waals surface area contributed by atoms with E-state index in [2.05, 4.69) is 10.1 Å². The first kappa shape index (κ1) is 10.9. The van der Waals surface area contributed by atoms with E-state index in [4.69, 9.17) is 20.7 Å². The van der Waals surface area contributed by atoms with E-state index in [0.717, 1.165) is 0 Å². The number of methoxy groups -OCH3 is 1. The van der Waals surface area contributed by atoms with Crippen molar-refractivity contribution in [1.82, 2.24) is 10.1 Å². The van der Waals surface area contributed by atoms with E-state index in [1.54, 1.807) is 18.2 Å². The van der Waals surface area contributed by atoms with E-state index >= 15 is 0 Å². The predicted molar refractivity (Wildman–Crippen MR) is 59.2 cm³/mol. The summed E-state index contributed by atoms with van der Waals surface area (Å²) in [5.41, 5.74) is 11.7. The highest BCUT2D eigenvalue weighted by molar-refractivity contribution is 5.89. The lowest BCUT2D eigenvalue weighted by atomic mass is 10.1. The smallest absolute Gasteiger partial charge is 0.290 e. The number of carbonyl (C=O) groups excluding carboxylic acids is 1. The monoisotopic (exact) mass is 234 g/mol. The lowest BCUT2D eigenvalue weighted by molar-refractivity contribution is 0.0987. The fourth-order valence-corrected chi connectivity index (χ4v) is 1.28. The molecule has 0 spiro atoms. The first-order chi connectivity index (χ1) is 8.11. The average Bonchev–Trinajstić information content (AvgIpc) is 2.79. The number of nitrogens with two attached hydrogens (primary N) is 2. The van der Waals surface area contributed by atoms with Crippen LogP contribution in [-0.4, -0.2) is 23.2 Å². The number of primary amides is 1. The molecule has 2 rings (SSSR count). The fraction of sp³-hybridized carbons (Fsp3) is 0.100. The quantitative estimate of drug-likeness (QED) is 0.743. The largest absolute Gasteiger partial charge is 0.497 e. The molecule has 0 saturated heterocycles. The summed E-state index contributed by atoms with van der Waals surface area (Å²) in [6, 6.07) is 4.97. The first-order valence-corrected chi connectivity index (χ1v) is 4.69. The summed E-state index contributed by atoms with van der Waals surface area (Å²) in [5, 5.41) is 3.43. The van der Waals surface area contributed by atoms with Crippen LogP contribution in [0.5, 0.6) is 5.75 Å². The number of ether oxygens (including phenoxy) is 1. The topological polar surface area (TPSA) is 117 Å². The second kappa shape index (κ2) is 4.12. The zero-order chi connectivity index (χ0) is 12.4. The van der Waals surface area contributed by atoms with E-state index in [1.165, 1.54) is 7.11 Å². The number of anilines is 1. The van der Waals surface area contributed by atoms with Crippen LogP contribution in [0.1, 0.15) is 10.6 Å². The van der Waals surface area contributed by atoms with Crippen LogP contribution in [-0.2, 0) is 0 Å². The fourth-order valence-electron chi connectivity index (χ4n) is 1.28. The van der Waals surface area contributed by atoms with Crippen molar-refractivity contribution < 1.29 is 14.1 Å². The summed E-state index contributed by atoms with van der Waals surface area (Å²) in [6.45, 7) is 0. The van der Waals surface area contributed by atoms with Crippen molar-refractivity contribution in [3.63, 3.8) is 0 Å². The number of benzene rings is 1. The van der Waals surface area contributed by atoms with Gasteiger partial charge in [0.2, 0.25) is 0 Å². The second-order valence-electron chi connectivity index (χ2n) is 3.24. The Kier molecular flexibility index (Phi) is 2.65. The van der Waals surface area contributed by atoms with Crippen molar-refractivity contribution in [1.29, 1.82) is 0 Å². The molecule has 0 aliphatic carbocycles. The summed E-state index contributed by atoms with van der Waals surface area (Å²) in [7, 11) is 1.53. The minimum atomic E-state index is -0.763. The molecule has 7 nitrogen and oxygen atoms in total. The van der Waals surface area contributed by atoms with Gasteiger partial charge >= 0.3 is 0 Å². The molecule has 88 valence electrons. The number of rotatable bonds is 3. The predicted octanol–water partition coefficient (Wildman–Crippen LogP) is 0.426. The van der Waals surface area contributed by atoms with Crippen LogP contribution >= 0.6 is 0 Å². The Morgan fingerprint density at radius 3 is 2.82 bits per heavy atom. The number of nitrogen functional groups attached to an aromatic ring is 1. The molecule has 1 aromatic heterocycles. The van der Waals surface area contributed by atoms with E-state index in [0.29, 0.717) is 17.0 Å². The van der Waals surface area contributed by atoms with Crippen molar-refractivity contribution in [2.24, 2.45) is 5.73 Å². The Balaban J connectivity index is 2.47. The van der Waals surface area contributed by atoms with Gasteiger partial charge in [0, 0.05) is 5.69 Å². The zero-order valence-electron chi connectivity index (χ0n) is 9.01. The van der Waals surface area contributed by atoms with Crippen LogP contribution < -0.4 is 16.2 Å². The lowest BCUT2D eigenvalue weighted by Crippen LogP contribution is -2.12. The molecule has 1 amide bonds. The summed E-state index contributed by atoms with van der Waals surface area (Å²) in [5.74, 6) is -0.244. The Bertz CT molecular complexity index is 564. The summed E-state index contributed by atoms with van der Waals surface area (Å²) in [6.07, 6.45) is 0. The molecule has 0 bridgehead atoms. The molecule has 0 aliphatic heterocycles. The standard InChI is InChI=1S/C10H10N4O3/c1-16-5-2-3-7(11)6(4-5)10-13-9(8(12)15)14-17-10/h2-4H,11H2,1H3,(H2,12,15). The highest BCUT2D eigenvalue weighted by Crippen LogP contribution is 2.28. The van der Waals surface area contributed by atoms with Gasteiger partial charge < -0.3 is 20.7 Å². The number of nitrogens with zero attached hydrogens (tertiary/aromatic N) is 2. The van der Waals surface area contributed by atoms with E-state index in [9.17, 15) is 4.79 Å². The first-order valence-electron chi connectivity index (χ1n) is 4.69. The molecule has 0 saturated carbocycles. The maximum absolute atomic E-state index is 10.8. The van der Waals surface area contributed by atoms with Crippen molar-refractivity contribution in [3.8, 4) is 17.2 Å². The van der Waals surface area contributed by atoms with Gasteiger partial charge in [0.15, 0.2) is 0 Å². The van der Waals surface area contributed by atoms with Crippen LogP contribution in [0.25, 0.3) is 11.5 Å². The summed E-state index contributed by atoms with van der Waals surface area (Å²) < 4.78 is 9.94. The Hall–Kier alpha value is -2.57. The molecule has 1 heterocycles. The number of hydrogen-bond donors (Lipinski definition) is 2. The average molecular weight is 234 g/mol. The van der Waals surface area contributed by atoms with Gasteiger partial charge in [0.1, 0.15) is 5.75 Å². The van der Waals surface area contributed by atoms with Crippen LogP contribution in [0, 0.1) is 0 Å². The Morgan fingerprint density at radius 2 is 2.24 bits per heavy atom. The maximum Gasteiger partial charge on any atom is 0.290 e. The van der Waals surface area contributed by atoms with E-state index < -0.39 is 5.91 Å². The van der Waals surface area contributed by atoms with E-state index in [-0.39, 0.29) is 11.7 Å².